The fraction of sp³-hybridized carbons (Fsp3) is 0.400. The molecule has 0 bridgehead atoms. The van der Waals surface area contributed by atoms with Crippen molar-refractivity contribution < 1.29 is 4.52 Å². The summed E-state index contributed by atoms with van der Waals surface area (Å²) in [5.74, 6) is 1.50. The number of rotatable bonds is 3. The molecule has 0 saturated heterocycles. The molecule has 0 fully saturated rings. The Hall–Kier alpha value is -1.78. The van der Waals surface area contributed by atoms with Crippen molar-refractivity contribution in [1.82, 2.24) is 10.1 Å². The van der Waals surface area contributed by atoms with E-state index in [1.165, 1.54) is 0 Å². The van der Waals surface area contributed by atoms with Crippen molar-refractivity contribution in [2.75, 3.05) is 0 Å². The zero-order chi connectivity index (χ0) is 11.3. The molecule has 0 spiro atoms. The van der Waals surface area contributed by atoms with Crippen LogP contribution in [0.3, 0.4) is 0 Å². The van der Waals surface area contributed by atoms with Crippen LogP contribution in [0.15, 0.2) is 26.8 Å². The lowest BCUT2D eigenvalue weighted by atomic mass is 10.2. The van der Waals surface area contributed by atoms with E-state index < -0.39 is 0 Å². The minimum Gasteiger partial charge on any atom is -0.339 e. The zero-order valence-electron chi connectivity index (χ0n) is 9.14. The Morgan fingerprint density at radius 2 is 2.27 bits per heavy atom. The minimum absolute atomic E-state index is 0.194. The van der Waals surface area contributed by atoms with E-state index in [0.717, 1.165) is 0 Å². The van der Waals surface area contributed by atoms with E-state index in [0.29, 0.717) is 17.6 Å². The summed E-state index contributed by atoms with van der Waals surface area (Å²) in [5.41, 5.74) is 0. The minimum atomic E-state index is 0.194. The highest BCUT2D eigenvalue weighted by Crippen LogP contribution is 2.11. The fourth-order valence-electron chi connectivity index (χ4n) is 0.875. The first kappa shape index (κ1) is 11.3. The van der Waals surface area contributed by atoms with E-state index in [-0.39, 0.29) is 5.92 Å². The van der Waals surface area contributed by atoms with Crippen LogP contribution in [0.1, 0.15) is 38.4 Å². The molecular weight excluding hydrogens is 192 g/mol. The number of hydrogen-bond acceptors (Lipinski definition) is 4. The van der Waals surface area contributed by atoms with Crippen molar-refractivity contribution in [2.24, 2.45) is 9.98 Å². The van der Waals surface area contributed by atoms with E-state index in [4.69, 9.17) is 4.52 Å². The summed E-state index contributed by atoms with van der Waals surface area (Å²) in [6, 6.07) is 0. The fourth-order valence-corrected chi connectivity index (χ4v) is 0.875. The molecule has 1 aromatic heterocycles. The van der Waals surface area contributed by atoms with Gasteiger partial charge in [0.25, 0.3) is 0 Å². The maximum absolute atomic E-state index is 5.04. The monoisotopic (exact) mass is 206 g/mol. The van der Waals surface area contributed by atoms with Gasteiger partial charge >= 0.3 is 0 Å². The molecule has 0 amide bonds. The Morgan fingerprint density at radius 3 is 2.73 bits per heavy atom. The summed E-state index contributed by atoms with van der Waals surface area (Å²) in [4.78, 5) is 11.9. The van der Waals surface area contributed by atoms with Crippen LogP contribution in [0.5, 0.6) is 0 Å². The van der Waals surface area contributed by atoms with Gasteiger partial charge in [-0.2, -0.15) is 4.98 Å². The number of nitrogens with zero attached hydrogens (tertiary/aromatic N) is 4. The standard InChI is InChI=1S/C10H14N4O/c1-5-6-12-8(11-4)9-13-10(7(2)3)15-14-9/h5-7H,4H2,1-3H3/b6-5-,12-8?. The Balaban J connectivity index is 2.98. The Bertz CT molecular complexity index is 390. The predicted octanol–water partition coefficient (Wildman–Crippen LogP) is 2.17. The average Bonchev–Trinajstić information content (AvgIpc) is 2.68. The van der Waals surface area contributed by atoms with Crippen molar-refractivity contribution in [1.29, 1.82) is 0 Å². The van der Waals surface area contributed by atoms with Crippen molar-refractivity contribution in [2.45, 2.75) is 26.7 Å². The van der Waals surface area contributed by atoms with Gasteiger partial charge in [0.05, 0.1) is 0 Å². The third kappa shape index (κ3) is 2.83. The average molecular weight is 206 g/mol. The molecule has 0 aliphatic heterocycles. The van der Waals surface area contributed by atoms with Crippen LogP contribution >= 0.6 is 0 Å². The Labute approximate surface area is 88.6 Å². The molecule has 0 N–H and O–H groups in total. The van der Waals surface area contributed by atoms with Crippen LogP contribution in [0.4, 0.5) is 0 Å². The summed E-state index contributed by atoms with van der Waals surface area (Å²) in [7, 11) is 0. The molecule has 0 aliphatic carbocycles. The maximum Gasteiger partial charge on any atom is 0.240 e. The molecular formula is C10H14N4O. The predicted molar refractivity (Wildman–Crippen MR) is 59.3 cm³/mol. The van der Waals surface area contributed by atoms with Crippen LogP contribution in [0.2, 0.25) is 0 Å². The molecule has 1 rings (SSSR count). The van der Waals surface area contributed by atoms with Crippen molar-refractivity contribution in [3.63, 3.8) is 0 Å². The van der Waals surface area contributed by atoms with Gasteiger partial charge in [0.15, 0.2) is 0 Å². The van der Waals surface area contributed by atoms with Gasteiger partial charge in [-0.15, -0.1) is 0 Å². The highest BCUT2D eigenvalue weighted by atomic mass is 16.5. The van der Waals surface area contributed by atoms with Crippen LogP contribution in [-0.4, -0.2) is 22.7 Å². The largest absolute Gasteiger partial charge is 0.339 e. The SMILES string of the molecule is C=NC(=N/C=C\C)c1noc(C(C)C)n1. The van der Waals surface area contributed by atoms with E-state index >= 15 is 0 Å². The summed E-state index contributed by atoms with van der Waals surface area (Å²) in [6.07, 6.45) is 3.39. The molecule has 0 radical (unpaired) electrons. The van der Waals surface area contributed by atoms with Crippen molar-refractivity contribution >= 4 is 12.6 Å². The molecule has 0 aromatic carbocycles. The molecule has 80 valence electrons. The van der Waals surface area contributed by atoms with Crippen molar-refractivity contribution in [3.05, 3.63) is 24.0 Å². The van der Waals surface area contributed by atoms with Crippen LogP contribution < -0.4 is 0 Å². The molecule has 0 unspecified atom stereocenters. The molecule has 0 aliphatic rings. The maximum atomic E-state index is 5.04. The smallest absolute Gasteiger partial charge is 0.240 e. The summed E-state index contributed by atoms with van der Waals surface area (Å²) < 4.78 is 5.04. The summed E-state index contributed by atoms with van der Waals surface area (Å²) in [5, 5.41) is 3.78. The summed E-state index contributed by atoms with van der Waals surface area (Å²) in [6.45, 7) is 9.22. The Morgan fingerprint density at radius 1 is 1.53 bits per heavy atom. The molecule has 1 heterocycles. The number of aromatic nitrogens is 2. The molecule has 5 heteroatoms. The van der Waals surface area contributed by atoms with Gasteiger partial charge in [-0.25, -0.2) is 9.98 Å². The van der Waals surface area contributed by atoms with Gasteiger partial charge in [0.1, 0.15) is 0 Å². The van der Waals surface area contributed by atoms with E-state index in [1.807, 2.05) is 20.8 Å². The van der Waals surface area contributed by atoms with E-state index in [2.05, 4.69) is 26.8 Å². The van der Waals surface area contributed by atoms with Crippen LogP contribution in [-0.2, 0) is 0 Å². The highest BCUT2D eigenvalue weighted by Gasteiger charge is 2.13. The lowest BCUT2D eigenvalue weighted by Crippen LogP contribution is -1.99. The first-order valence-electron chi connectivity index (χ1n) is 4.68. The van der Waals surface area contributed by atoms with Gasteiger partial charge in [-0.05, 0) is 13.6 Å². The molecule has 5 nitrogen and oxygen atoms in total. The molecule has 15 heavy (non-hydrogen) atoms. The zero-order valence-corrected chi connectivity index (χ0v) is 9.14. The lowest BCUT2D eigenvalue weighted by Gasteiger charge is -1.92. The number of hydrogen-bond donors (Lipinski definition) is 0. The first-order valence-corrected chi connectivity index (χ1v) is 4.68. The molecule has 0 atom stereocenters. The van der Waals surface area contributed by atoms with Crippen LogP contribution in [0.25, 0.3) is 0 Å². The second-order valence-corrected chi connectivity index (χ2v) is 3.20. The number of allylic oxidation sites excluding steroid dienone is 1. The molecule has 1 aromatic rings. The van der Waals surface area contributed by atoms with Crippen LogP contribution in [0, 0.1) is 0 Å². The first-order chi connectivity index (χ1) is 7.19. The molecule has 0 saturated carbocycles. The second kappa shape index (κ2) is 5.19. The number of aliphatic imine (C=N–C) groups is 2. The second-order valence-electron chi connectivity index (χ2n) is 3.20. The van der Waals surface area contributed by atoms with Gasteiger partial charge in [0, 0.05) is 12.1 Å². The topological polar surface area (TPSA) is 63.6 Å². The summed E-state index contributed by atoms with van der Waals surface area (Å²) >= 11 is 0. The van der Waals surface area contributed by atoms with Gasteiger partial charge in [-0.3, -0.25) is 0 Å². The number of amidine groups is 1. The lowest BCUT2D eigenvalue weighted by molar-refractivity contribution is 0.364. The third-order valence-electron chi connectivity index (χ3n) is 1.63. The van der Waals surface area contributed by atoms with Crippen molar-refractivity contribution in [3.8, 4) is 0 Å². The third-order valence-corrected chi connectivity index (χ3v) is 1.63. The quantitative estimate of drug-likeness (QED) is 0.562. The normalized spacial score (nSPS) is 12.7. The Kier molecular flexibility index (Phi) is 3.91. The van der Waals surface area contributed by atoms with E-state index in [1.54, 1.807) is 12.3 Å². The van der Waals surface area contributed by atoms with Gasteiger partial charge in [-0.1, -0.05) is 25.1 Å². The van der Waals surface area contributed by atoms with Gasteiger partial charge < -0.3 is 4.52 Å². The van der Waals surface area contributed by atoms with Gasteiger partial charge in [0.2, 0.25) is 17.6 Å². The van der Waals surface area contributed by atoms with E-state index in [9.17, 15) is 0 Å². The highest BCUT2D eigenvalue weighted by molar-refractivity contribution is 5.98.